The monoisotopic (exact) mass is 279 g/mol. The van der Waals surface area contributed by atoms with E-state index in [0.717, 1.165) is 17.4 Å². The lowest BCUT2D eigenvalue weighted by atomic mass is 10.1. The van der Waals surface area contributed by atoms with Crippen molar-refractivity contribution in [3.8, 4) is 11.8 Å². The molecule has 0 atom stereocenters. The van der Waals surface area contributed by atoms with E-state index in [2.05, 4.69) is 78.1 Å². The number of halogens is 1. The third kappa shape index (κ3) is 5.34. The fourth-order valence-corrected chi connectivity index (χ4v) is 1.35. The highest BCUT2D eigenvalue weighted by Gasteiger charge is 2.07. The average Bonchev–Trinajstić information content (AvgIpc) is 2.24. The van der Waals surface area contributed by atoms with Gasteiger partial charge in [0.1, 0.15) is 0 Å². The van der Waals surface area contributed by atoms with Gasteiger partial charge in [-0.2, -0.15) is 0 Å². The van der Waals surface area contributed by atoms with Gasteiger partial charge in [-0.25, -0.2) is 0 Å². The van der Waals surface area contributed by atoms with Crippen LogP contribution in [0.1, 0.15) is 31.9 Å². The van der Waals surface area contributed by atoms with Gasteiger partial charge in [0.25, 0.3) is 0 Å². The van der Waals surface area contributed by atoms with Crippen LogP contribution in [0.3, 0.4) is 0 Å². The number of benzene rings is 1. The Morgan fingerprint density at radius 1 is 1.19 bits per heavy atom. The molecule has 0 aliphatic rings. The van der Waals surface area contributed by atoms with Crippen LogP contribution in [0.25, 0.3) is 0 Å². The van der Waals surface area contributed by atoms with Crippen molar-refractivity contribution in [2.24, 2.45) is 0 Å². The standard InChI is InChI=1S/C14H18BrN/c1-14(2,3)16-11-13-8-6-12(7-9-13)5-4-10-15/h6-9,16H,10-11H2,1-3H3. The minimum Gasteiger partial charge on any atom is -0.308 e. The smallest absolute Gasteiger partial charge is 0.0649 e. The first-order chi connectivity index (χ1) is 7.51. The first-order valence-corrected chi connectivity index (χ1v) is 6.52. The highest BCUT2D eigenvalue weighted by Crippen LogP contribution is 2.06. The lowest BCUT2D eigenvalue weighted by molar-refractivity contribution is 0.424. The minimum absolute atomic E-state index is 0.161. The summed E-state index contributed by atoms with van der Waals surface area (Å²) in [6, 6.07) is 8.37. The maximum absolute atomic E-state index is 3.46. The van der Waals surface area contributed by atoms with Gasteiger partial charge in [-0.3, -0.25) is 0 Å². The fraction of sp³-hybridized carbons (Fsp3) is 0.429. The summed E-state index contributed by atoms with van der Waals surface area (Å²) in [6.07, 6.45) is 0. The van der Waals surface area contributed by atoms with Crippen LogP contribution in [0.4, 0.5) is 0 Å². The summed E-state index contributed by atoms with van der Waals surface area (Å²) in [4.78, 5) is 0. The highest BCUT2D eigenvalue weighted by molar-refractivity contribution is 9.09. The summed E-state index contributed by atoms with van der Waals surface area (Å²) < 4.78 is 0. The molecule has 0 saturated heterocycles. The molecule has 0 aliphatic carbocycles. The van der Waals surface area contributed by atoms with Crippen molar-refractivity contribution in [2.45, 2.75) is 32.9 Å². The third-order valence-corrected chi connectivity index (χ3v) is 2.36. The van der Waals surface area contributed by atoms with Gasteiger partial charge in [0.15, 0.2) is 0 Å². The molecule has 16 heavy (non-hydrogen) atoms. The van der Waals surface area contributed by atoms with Crippen molar-refractivity contribution >= 4 is 15.9 Å². The molecular weight excluding hydrogens is 262 g/mol. The predicted molar refractivity (Wildman–Crippen MR) is 73.7 cm³/mol. The van der Waals surface area contributed by atoms with Crippen LogP contribution in [0.2, 0.25) is 0 Å². The number of alkyl halides is 1. The zero-order chi connectivity index (χ0) is 12.0. The second-order valence-corrected chi connectivity index (χ2v) is 5.30. The summed E-state index contributed by atoms with van der Waals surface area (Å²) in [5.41, 5.74) is 2.52. The van der Waals surface area contributed by atoms with Crippen LogP contribution in [0.5, 0.6) is 0 Å². The molecule has 0 fully saturated rings. The van der Waals surface area contributed by atoms with E-state index < -0.39 is 0 Å². The second kappa shape index (κ2) is 6.08. The molecule has 0 saturated carbocycles. The molecule has 1 N–H and O–H groups in total. The van der Waals surface area contributed by atoms with Crippen molar-refractivity contribution in [1.29, 1.82) is 0 Å². The van der Waals surface area contributed by atoms with Crippen LogP contribution >= 0.6 is 15.9 Å². The summed E-state index contributed by atoms with van der Waals surface area (Å²) in [7, 11) is 0. The maximum atomic E-state index is 3.46. The van der Waals surface area contributed by atoms with Crippen molar-refractivity contribution < 1.29 is 0 Å². The Bertz CT molecular complexity index is 376. The van der Waals surface area contributed by atoms with E-state index >= 15 is 0 Å². The number of rotatable bonds is 2. The molecule has 0 aliphatic heterocycles. The van der Waals surface area contributed by atoms with E-state index in [9.17, 15) is 0 Å². The first-order valence-electron chi connectivity index (χ1n) is 5.40. The second-order valence-electron chi connectivity index (χ2n) is 4.74. The van der Waals surface area contributed by atoms with Gasteiger partial charge in [-0.1, -0.05) is 39.9 Å². The molecule has 0 bridgehead atoms. The van der Waals surface area contributed by atoms with Crippen molar-refractivity contribution in [2.75, 3.05) is 5.33 Å². The largest absolute Gasteiger partial charge is 0.308 e. The van der Waals surface area contributed by atoms with Crippen molar-refractivity contribution in [3.63, 3.8) is 0 Å². The zero-order valence-electron chi connectivity index (χ0n) is 10.1. The molecule has 1 aromatic carbocycles. The molecule has 2 heteroatoms. The molecule has 0 aromatic heterocycles. The zero-order valence-corrected chi connectivity index (χ0v) is 11.7. The maximum Gasteiger partial charge on any atom is 0.0649 e. The topological polar surface area (TPSA) is 12.0 Å². The van der Waals surface area contributed by atoms with Crippen LogP contribution in [-0.2, 0) is 6.54 Å². The molecule has 1 nitrogen and oxygen atoms in total. The van der Waals surface area contributed by atoms with Crippen LogP contribution in [-0.4, -0.2) is 10.9 Å². The van der Waals surface area contributed by atoms with Gasteiger partial charge in [-0.05, 0) is 38.5 Å². The Morgan fingerprint density at radius 2 is 1.81 bits per heavy atom. The molecular formula is C14H18BrN. The summed E-state index contributed by atoms with van der Waals surface area (Å²) >= 11 is 3.28. The highest BCUT2D eigenvalue weighted by atomic mass is 79.9. The van der Waals surface area contributed by atoms with E-state index in [0.29, 0.717) is 0 Å². The summed E-state index contributed by atoms with van der Waals surface area (Å²) in [6.45, 7) is 7.41. The minimum atomic E-state index is 0.161. The van der Waals surface area contributed by atoms with E-state index in [1.165, 1.54) is 5.56 Å². The van der Waals surface area contributed by atoms with Gasteiger partial charge in [-0.15, -0.1) is 0 Å². The van der Waals surface area contributed by atoms with E-state index in [1.54, 1.807) is 0 Å². The molecule has 1 aromatic rings. The lowest BCUT2D eigenvalue weighted by Gasteiger charge is -2.20. The summed E-state index contributed by atoms with van der Waals surface area (Å²) in [5, 5.41) is 4.18. The Morgan fingerprint density at radius 3 is 2.31 bits per heavy atom. The third-order valence-electron chi connectivity index (χ3n) is 2.08. The number of hydrogen-bond donors (Lipinski definition) is 1. The normalized spacial score (nSPS) is 10.8. The van der Waals surface area contributed by atoms with E-state index in [-0.39, 0.29) is 5.54 Å². The Balaban J connectivity index is 2.58. The molecule has 0 unspecified atom stereocenters. The van der Waals surface area contributed by atoms with E-state index in [1.807, 2.05) is 0 Å². The van der Waals surface area contributed by atoms with Crippen LogP contribution < -0.4 is 5.32 Å². The molecule has 86 valence electrons. The van der Waals surface area contributed by atoms with Gasteiger partial charge in [0.2, 0.25) is 0 Å². The predicted octanol–water partition coefficient (Wildman–Crippen LogP) is 3.32. The Kier molecular flexibility index (Phi) is 5.05. The SMILES string of the molecule is CC(C)(C)NCc1ccc(C#CCBr)cc1. The van der Waals surface area contributed by atoms with Crippen molar-refractivity contribution in [1.82, 2.24) is 5.32 Å². The molecule has 0 heterocycles. The van der Waals surface area contributed by atoms with Crippen LogP contribution in [0, 0.1) is 11.8 Å². The lowest BCUT2D eigenvalue weighted by Crippen LogP contribution is -2.35. The van der Waals surface area contributed by atoms with Gasteiger partial charge < -0.3 is 5.32 Å². The quantitative estimate of drug-likeness (QED) is 0.647. The van der Waals surface area contributed by atoms with E-state index in [4.69, 9.17) is 0 Å². The van der Waals surface area contributed by atoms with Crippen LogP contribution in [0.15, 0.2) is 24.3 Å². The average molecular weight is 280 g/mol. The Labute approximate surface area is 107 Å². The molecule has 1 rings (SSSR count). The first kappa shape index (κ1) is 13.3. The molecule has 0 radical (unpaired) electrons. The number of nitrogens with one attached hydrogen (secondary N) is 1. The van der Waals surface area contributed by atoms with Crippen molar-refractivity contribution in [3.05, 3.63) is 35.4 Å². The molecule has 0 amide bonds. The van der Waals surface area contributed by atoms with Gasteiger partial charge in [0, 0.05) is 17.6 Å². The van der Waals surface area contributed by atoms with Gasteiger partial charge >= 0.3 is 0 Å². The Hall–Kier alpha value is -0.780. The number of hydrogen-bond acceptors (Lipinski definition) is 1. The van der Waals surface area contributed by atoms with Gasteiger partial charge in [0.05, 0.1) is 5.33 Å². The fourth-order valence-electron chi connectivity index (χ4n) is 1.21. The summed E-state index contributed by atoms with van der Waals surface area (Å²) in [5.74, 6) is 6.07. The molecule has 0 spiro atoms.